The monoisotopic (exact) mass is 375 g/mol. The highest BCUT2D eigenvalue weighted by atomic mass is 16.1. The number of fused-ring (bicyclic) bond motifs is 1. The van der Waals surface area contributed by atoms with Gasteiger partial charge in [-0.3, -0.25) is 4.79 Å². The summed E-state index contributed by atoms with van der Waals surface area (Å²) in [5.74, 6) is 0.137. The Hall–Kier alpha value is -3.68. The maximum atomic E-state index is 12.5. The molecular weight excluding hydrogens is 354 g/mol. The summed E-state index contributed by atoms with van der Waals surface area (Å²) in [4.78, 5) is 24.1. The van der Waals surface area contributed by atoms with Gasteiger partial charge in [-0.15, -0.1) is 0 Å². The van der Waals surface area contributed by atoms with Gasteiger partial charge in [-0.1, -0.05) is 18.2 Å². The second-order valence-corrected chi connectivity index (χ2v) is 7.51. The summed E-state index contributed by atoms with van der Waals surface area (Å²) in [7, 11) is 0. The standard InChI is InChI=1S/C20H21N7O/c1-20(2,3)27-18-15(17(21)23-11-24-18)16(26-27)14-9-12(10-22-14)19(28)25-13-7-5-4-6-8-13/h4-11,22H,1-3H3,(H,25,28)(H2,21,23,24). The third kappa shape index (κ3) is 3.09. The number of benzene rings is 1. The molecule has 0 aliphatic rings. The molecule has 0 radical (unpaired) electrons. The summed E-state index contributed by atoms with van der Waals surface area (Å²) in [6.07, 6.45) is 3.08. The van der Waals surface area contributed by atoms with Crippen LogP contribution in [0.25, 0.3) is 22.4 Å². The van der Waals surface area contributed by atoms with Gasteiger partial charge < -0.3 is 16.0 Å². The van der Waals surface area contributed by atoms with Gasteiger partial charge in [0.2, 0.25) is 0 Å². The van der Waals surface area contributed by atoms with E-state index in [0.29, 0.717) is 33.8 Å². The third-order valence-electron chi connectivity index (χ3n) is 4.36. The molecule has 0 fully saturated rings. The molecule has 3 heterocycles. The average Bonchev–Trinajstić information content (AvgIpc) is 3.27. The summed E-state index contributed by atoms with van der Waals surface area (Å²) in [5, 5.41) is 8.25. The topological polar surface area (TPSA) is 115 Å². The number of nitrogens with zero attached hydrogens (tertiary/aromatic N) is 4. The van der Waals surface area contributed by atoms with Crippen LogP contribution >= 0.6 is 0 Å². The predicted molar refractivity (Wildman–Crippen MR) is 109 cm³/mol. The first-order valence-corrected chi connectivity index (χ1v) is 8.89. The number of aromatic nitrogens is 5. The van der Waals surface area contributed by atoms with E-state index in [-0.39, 0.29) is 11.4 Å². The van der Waals surface area contributed by atoms with Gasteiger partial charge in [-0.05, 0) is 39.0 Å². The van der Waals surface area contributed by atoms with Crippen LogP contribution in [0.15, 0.2) is 48.9 Å². The first kappa shape index (κ1) is 17.7. The summed E-state index contributed by atoms with van der Waals surface area (Å²) < 4.78 is 1.82. The van der Waals surface area contributed by atoms with Crippen LogP contribution in [0.1, 0.15) is 31.1 Å². The molecule has 0 aliphatic carbocycles. The Morgan fingerprint density at radius 1 is 1.18 bits per heavy atom. The minimum Gasteiger partial charge on any atom is -0.383 e. The van der Waals surface area contributed by atoms with Crippen LogP contribution in [0.3, 0.4) is 0 Å². The summed E-state index contributed by atoms with van der Waals surface area (Å²) in [6, 6.07) is 11.1. The zero-order valence-corrected chi connectivity index (χ0v) is 15.9. The zero-order chi connectivity index (χ0) is 19.9. The number of para-hydroxylation sites is 1. The van der Waals surface area contributed by atoms with Crippen molar-refractivity contribution >= 4 is 28.4 Å². The fourth-order valence-corrected chi connectivity index (χ4v) is 3.02. The van der Waals surface area contributed by atoms with Crippen molar-refractivity contribution in [2.75, 3.05) is 11.1 Å². The van der Waals surface area contributed by atoms with Gasteiger partial charge >= 0.3 is 0 Å². The third-order valence-corrected chi connectivity index (χ3v) is 4.36. The Bertz CT molecular complexity index is 1150. The molecule has 28 heavy (non-hydrogen) atoms. The Kier molecular flexibility index (Phi) is 4.11. The van der Waals surface area contributed by atoms with Crippen LogP contribution in [-0.2, 0) is 5.54 Å². The number of amides is 1. The number of nitrogen functional groups attached to an aromatic ring is 1. The first-order chi connectivity index (χ1) is 13.3. The number of H-pyrrole nitrogens is 1. The summed E-state index contributed by atoms with van der Waals surface area (Å²) >= 11 is 0. The van der Waals surface area contributed by atoms with E-state index in [9.17, 15) is 4.79 Å². The van der Waals surface area contributed by atoms with Crippen molar-refractivity contribution in [1.82, 2.24) is 24.7 Å². The highest BCUT2D eigenvalue weighted by Gasteiger charge is 2.24. The zero-order valence-electron chi connectivity index (χ0n) is 15.9. The van der Waals surface area contributed by atoms with Crippen molar-refractivity contribution in [3.8, 4) is 11.4 Å². The SMILES string of the molecule is CC(C)(C)n1nc(-c2cc(C(=O)Nc3ccccc3)c[nH]2)c2c(N)ncnc21. The Labute approximate surface area is 161 Å². The number of hydrogen-bond donors (Lipinski definition) is 3. The number of nitrogens with one attached hydrogen (secondary N) is 2. The lowest BCUT2D eigenvalue weighted by Gasteiger charge is -2.19. The number of aromatic amines is 1. The molecule has 0 spiro atoms. The van der Waals surface area contributed by atoms with Gasteiger partial charge in [0.15, 0.2) is 5.65 Å². The van der Waals surface area contributed by atoms with Crippen LogP contribution in [0, 0.1) is 0 Å². The van der Waals surface area contributed by atoms with E-state index in [4.69, 9.17) is 10.8 Å². The smallest absolute Gasteiger partial charge is 0.257 e. The van der Waals surface area contributed by atoms with E-state index in [1.807, 2.05) is 55.8 Å². The normalized spacial score (nSPS) is 11.7. The second kappa shape index (κ2) is 6.49. The minimum atomic E-state index is -0.294. The predicted octanol–water partition coefficient (Wildman–Crippen LogP) is 3.41. The Balaban J connectivity index is 1.75. The van der Waals surface area contributed by atoms with Gasteiger partial charge in [0.25, 0.3) is 5.91 Å². The largest absolute Gasteiger partial charge is 0.383 e. The van der Waals surface area contributed by atoms with Gasteiger partial charge in [0, 0.05) is 11.9 Å². The Morgan fingerprint density at radius 3 is 2.64 bits per heavy atom. The molecule has 0 aliphatic heterocycles. The van der Waals surface area contributed by atoms with Crippen molar-refractivity contribution in [2.45, 2.75) is 26.3 Å². The molecule has 0 bridgehead atoms. The molecular formula is C20H21N7O. The number of hydrogen-bond acceptors (Lipinski definition) is 5. The van der Waals surface area contributed by atoms with E-state index in [1.165, 1.54) is 6.33 Å². The van der Waals surface area contributed by atoms with Gasteiger partial charge in [-0.2, -0.15) is 5.10 Å². The van der Waals surface area contributed by atoms with Crippen molar-refractivity contribution in [3.63, 3.8) is 0 Å². The molecule has 1 amide bonds. The van der Waals surface area contributed by atoms with Crippen LogP contribution in [0.5, 0.6) is 0 Å². The van der Waals surface area contributed by atoms with Crippen molar-refractivity contribution in [1.29, 1.82) is 0 Å². The number of carbonyl (C=O) groups excluding carboxylic acids is 1. The molecule has 4 N–H and O–H groups in total. The van der Waals surface area contributed by atoms with E-state index < -0.39 is 0 Å². The van der Waals surface area contributed by atoms with Crippen molar-refractivity contribution in [2.24, 2.45) is 0 Å². The van der Waals surface area contributed by atoms with Crippen LogP contribution in [-0.4, -0.2) is 30.6 Å². The Morgan fingerprint density at radius 2 is 1.93 bits per heavy atom. The summed E-state index contributed by atoms with van der Waals surface area (Å²) in [6.45, 7) is 6.11. The molecule has 4 rings (SSSR count). The van der Waals surface area contributed by atoms with Gasteiger partial charge in [0.1, 0.15) is 17.8 Å². The van der Waals surface area contributed by atoms with Crippen LogP contribution in [0.2, 0.25) is 0 Å². The molecule has 8 nitrogen and oxygen atoms in total. The number of nitrogens with two attached hydrogens (primary N) is 1. The van der Waals surface area contributed by atoms with E-state index >= 15 is 0 Å². The molecule has 3 aromatic heterocycles. The second-order valence-electron chi connectivity index (χ2n) is 7.51. The summed E-state index contributed by atoms with van der Waals surface area (Å²) in [5.41, 5.74) is 8.99. The number of anilines is 2. The molecule has 142 valence electrons. The number of carbonyl (C=O) groups is 1. The highest BCUT2D eigenvalue weighted by molar-refractivity contribution is 6.06. The first-order valence-electron chi connectivity index (χ1n) is 8.89. The molecule has 1 aromatic carbocycles. The lowest BCUT2D eigenvalue weighted by Crippen LogP contribution is -2.23. The molecule has 0 saturated carbocycles. The molecule has 8 heteroatoms. The fourth-order valence-electron chi connectivity index (χ4n) is 3.02. The van der Waals surface area contributed by atoms with Crippen LogP contribution < -0.4 is 11.1 Å². The lowest BCUT2D eigenvalue weighted by atomic mass is 10.1. The van der Waals surface area contributed by atoms with E-state index in [1.54, 1.807) is 12.3 Å². The highest BCUT2D eigenvalue weighted by Crippen LogP contribution is 2.32. The van der Waals surface area contributed by atoms with Gasteiger partial charge in [0.05, 0.1) is 22.2 Å². The molecule has 0 atom stereocenters. The molecule has 4 aromatic rings. The molecule has 0 unspecified atom stereocenters. The van der Waals surface area contributed by atoms with E-state index in [0.717, 1.165) is 5.69 Å². The van der Waals surface area contributed by atoms with Crippen molar-refractivity contribution < 1.29 is 4.79 Å². The van der Waals surface area contributed by atoms with Crippen LogP contribution in [0.4, 0.5) is 11.5 Å². The molecule has 0 saturated heterocycles. The maximum Gasteiger partial charge on any atom is 0.257 e. The maximum absolute atomic E-state index is 12.5. The average molecular weight is 375 g/mol. The van der Waals surface area contributed by atoms with Gasteiger partial charge in [-0.25, -0.2) is 14.6 Å². The quantitative estimate of drug-likeness (QED) is 0.508. The fraction of sp³-hybridized carbons (Fsp3) is 0.200. The lowest BCUT2D eigenvalue weighted by molar-refractivity contribution is 0.102. The number of rotatable bonds is 3. The van der Waals surface area contributed by atoms with E-state index in [2.05, 4.69) is 20.3 Å². The van der Waals surface area contributed by atoms with Crippen molar-refractivity contribution in [3.05, 3.63) is 54.5 Å². The minimum absolute atomic E-state index is 0.211.